The van der Waals surface area contributed by atoms with Crippen molar-refractivity contribution in [3.63, 3.8) is 0 Å². The predicted molar refractivity (Wildman–Crippen MR) is 248 cm³/mol. The second-order valence-corrected chi connectivity index (χ2v) is 15.5. The number of hydrogen-bond acceptors (Lipinski definition) is 4. The van der Waals surface area contributed by atoms with Gasteiger partial charge in [0.05, 0.1) is 51.4 Å². The maximum Gasteiger partial charge on any atom is 0.160 e. The fraction of sp³-hybridized carbons (Fsp3) is 0.0357. The lowest BCUT2D eigenvalue weighted by Crippen LogP contribution is -2.03. The molecule has 10 aromatic rings. The fourth-order valence-corrected chi connectivity index (χ4v) is 8.58. The molecule has 5 heteroatoms. The summed E-state index contributed by atoms with van der Waals surface area (Å²) >= 11 is 0. The van der Waals surface area contributed by atoms with Crippen molar-refractivity contribution >= 4 is 21.8 Å². The van der Waals surface area contributed by atoms with Crippen molar-refractivity contribution in [2.24, 2.45) is 0 Å². The Balaban J connectivity index is 1.33. The normalized spacial score (nSPS) is 11.1. The van der Waals surface area contributed by atoms with E-state index < -0.39 is 0 Å². The Morgan fingerprint density at radius 1 is 0.393 bits per heavy atom. The van der Waals surface area contributed by atoms with Gasteiger partial charge in [0.25, 0.3) is 0 Å². The summed E-state index contributed by atoms with van der Waals surface area (Å²) in [6.07, 6.45) is 0. The van der Waals surface area contributed by atoms with Crippen LogP contribution in [0.15, 0.2) is 188 Å². The number of hydrogen-bond donors (Lipinski definition) is 0. The van der Waals surface area contributed by atoms with Crippen LogP contribution in [0.3, 0.4) is 0 Å². The molecule has 5 nitrogen and oxygen atoms in total. The third kappa shape index (κ3) is 6.91. The van der Waals surface area contributed by atoms with E-state index in [0.29, 0.717) is 17.0 Å². The van der Waals surface area contributed by atoms with Gasteiger partial charge in [-0.1, -0.05) is 139 Å². The Kier molecular flexibility index (Phi) is 9.33. The molecule has 0 saturated carbocycles. The minimum absolute atomic E-state index is 0.557. The molecule has 0 aliphatic rings. The summed E-state index contributed by atoms with van der Waals surface area (Å²) in [7, 11) is 0. The van der Waals surface area contributed by atoms with Crippen LogP contribution in [0.5, 0.6) is 0 Å². The molecule has 0 unspecified atom stereocenters. The van der Waals surface area contributed by atoms with Crippen molar-refractivity contribution in [2.45, 2.75) is 13.8 Å². The van der Waals surface area contributed by atoms with Crippen molar-refractivity contribution in [1.29, 1.82) is 10.5 Å². The van der Waals surface area contributed by atoms with Gasteiger partial charge in [-0.25, -0.2) is 9.97 Å². The van der Waals surface area contributed by atoms with Gasteiger partial charge < -0.3 is 4.57 Å². The first-order valence-corrected chi connectivity index (χ1v) is 20.3. The Labute approximate surface area is 354 Å². The summed E-state index contributed by atoms with van der Waals surface area (Å²) in [4.78, 5) is 10.3. The van der Waals surface area contributed by atoms with Crippen molar-refractivity contribution in [3.05, 3.63) is 210 Å². The van der Waals surface area contributed by atoms with E-state index in [-0.39, 0.29) is 0 Å². The van der Waals surface area contributed by atoms with E-state index in [9.17, 15) is 10.5 Å². The van der Waals surface area contributed by atoms with Crippen molar-refractivity contribution < 1.29 is 0 Å². The van der Waals surface area contributed by atoms with Gasteiger partial charge in [-0.05, 0) is 96.8 Å². The summed E-state index contributed by atoms with van der Waals surface area (Å²) in [5, 5.41) is 22.6. The summed E-state index contributed by atoms with van der Waals surface area (Å²) in [5.74, 6) is 0.615. The summed E-state index contributed by atoms with van der Waals surface area (Å²) in [5.41, 5.74) is 16.8. The molecule has 2 heterocycles. The molecule has 286 valence electrons. The molecule has 0 atom stereocenters. The summed E-state index contributed by atoms with van der Waals surface area (Å²) in [6.45, 7) is 4.28. The van der Waals surface area contributed by atoms with Crippen LogP contribution >= 0.6 is 0 Å². The third-order valence-corrected chi connectivity index (χ3v) is 11.3. The standard InChI is InChI=1S/C56H37N5/c1-36-25-37(2)27-45(26-36)42-23-24-54-50(30-42)47-21-9-10-22-53(47)61(54)55-48(43-19-11-13-38(28-43)34-57)31-46(32-49(55)44-20-12-14-39(29-44)35-58)52-33-51(40-15-5-3-6-16-40)59-56(60-52)41-17-7-4-8-18-41/h3-33H,1-2H3. The third-order valence-electron chi connectivity index (χ3n) is 11.3. The zero-order chi connectivity index (χ0) is 41.5. The molecule has 0 fully saturated rings. The number of rotatable bonds is 7. The molecule has 0 amide bonds. The number of fused-ring (bicyclic) bond motifs is 3. The molecule has 0 aliphatic heterocycles. The maximum atomic E-state index is 10.2. The average Bonchev–Trinajstić information content (AvgIpc) is 3.64. The van der Waals surface area contributed by atoms with Crippen LogP contribution in [0.2, 0.25) is 0 Å². The highest BCUT2D eigenvalue weighted by molar-refractivity contribution is 6.12. The molecule has 10 rings (SSSR count). The van der Waals surface area contributed by atoms with Crippen LogP contribution in [0.25, 0.3) is 94.8 Å². The number of aromatic nitrogens is 3. The van der Waals surface area contributed by atoms with Gasteiger partial charge in [0, 0.05) is 38.6 Å². The van der Waals surface area contributed by atoms with Gasteiger partial charge in [-0.15, -0.1) is 0 Å². The van der Waals surface area contributed by atoms with E-state index in [1.807, 2.05) is 84.9 Å². The zero-order valence-corrected chi connectivity index (χ0v) is 33.6. The number of nitriles is 2. The van der Waals surface area contributed by atoms with Gasteiger partial charge in [-0.3, -0.25) is 0 Å². The first-order chi connectivity index (χ1) is 29.9. The molecular weight excluding hydrogens is 743 g/mol. The fourth-order valence-electron chi connectivity index (χ4n) is 8.58. The smallest absolute Gasteiger partial charge is 0.160 e. The quantitative estimate of drug-likeness (QED) is 0.161. The number of para-hydroxylation sites is 1. The van der Waals surface area contributed by atoms with E-state index in [1.165, 1.54) is 16.7 Å². The Morgan fingerprint density at radius 3 is 1.56 bits per heavy atom. The van der Waals surface area contributed by atoms with Crippen molar-refractivity contribution in [2.75, 3.05) is 0 Å². The second-order valence-electron chi connectivity index (χ2n) is 15.5. The van der Waals surface area contributed by atoms with Gasteiger partial charge in [-0.2, -0.15) is 10.5 Å². The van der Waals surface area contributed by atoms with Crippen LogP contribution in [0.1, 0.15) is 22.3 Å². The van der Waals surface area contributed by atoms with Crippen LogP contribution in [0.4, 0.5) is 0 Å². The molecule has 0 spiro atoms. The first-order valence-electron chi connectivity index (χ1n) is 20.3. The SMILES string of the molecule is Cc1cc(C)cc(-c2ccc3c(c2)c2ccccc2n3-c2c(-c3cccc(C#N)c3)cc(-c3cc(-c4ccccc4)nc(-c4ccccc4)n3)cc2-c2cccc(C#N)c2)c1. The summed E-state index contributed by atoms with van der Waals surface area (Å²) < 4.78 is 2.35. The molecule has 0 bridgehead atoms. The van der Waals surface area contributed by atoms with Crippen molar-refractivity contribution in [3.8, 4) is 85.1 Å². The lowest BCUT2D eigenvalue weighted by Gasteiger charge is -2.21. The maximum absolute atomic E-state index is 10.2. The van der Waals surface area contributed by atoms with E-state index in [0.717, 1.165) is 83.4 Å². The van der Waals surface area contributed by atoms with Crippen LogP contribution < -0.4 is 0 Å². The van der Waals surface area contributed by atoms with Crippen LogP contribution in [-0.4, -0.2) is 14.5 Å². The zero-order valence-electron chi connectivity index (χ0n) is 33.6. The van der Waals surface area contributed by atoms with Crippen LogP contribution in [0, 0.1) is 36.5 Å². The summed E-state index contributed by atoms with van der Waals surface area (Å²) in [6, 6.07) is 69.0. The lowest BCUT2D eigenvalue weighted by molar-refractivity contribution is 1.17. The van der Waals surface area contributed by atoms with Gasteiger partial charge in [0.15, 0.2) is 5.82 Å². The number of benzene rings is 8. The lowest BCUT2D eigenvalue weighted by atomic mass is 9.90. The Morgan fingerprint density at radius 2 is 0.934 bits per heavy atom. The highest BCUT2D eigenvalue weighted by Crippen LogP contribution is 2.45. The molecule has 0 N–H and O–H groups in total. The molecular formula is C56H37N5. The molecule has 0 radical (unpaired) electrons. The second kappa shape index (κ2) is 15.4. The topological polar surface area (TPSA) is 78.3 Å². The molecule has 0 saturated heterocycles. The Hall–Kier alpha value is -8.38. The molecule has 61 heavy (non-hydrogen) atoms. The van der Waals surface area contributed by atoms with Crippen LogP contribution in [-0.2, 0) is 0 Å². The van der Waals surface area contributed by atoms with E-state index in [2.05, 4.69) is 134 Å². The first kappa shape index (κ1) is 36.9. The number of aryl methyl sites for hydroxylation is 2. The van der Waals surface area contributed by atoms with Crippen molar-refractivity contribution in [1.82, 2.24) is 14.5 Å². The largest absolute Gasteiger partial charge is 0.308 e. The molecule has 2 aromatic heterocycles. The van der Waals surface area contributed by atoms with Gasteiger partial charge in [0.2, 0.25) is 0 Å². The minimum atomic E-state index is 0.557. The molecule has 0 aliphatic carbocycles. The van der Waals surface area contributed by atoms with E-state index in [4.69, 9.17) is 9.97 Å². The average molecular weight is 780 g/mol. The van der Waals surface area contributed by atoms with E-state index in [1.54, 1.807) is 0 Å². The highest BCUT2D eigenvalue weighted by atomic mass is 15.0. The predicted octanol–water partition coefficient (Wildman–Crippen LogP) is 13.9. The molecule has 8 aromatic carbocycles. The number of nitrogens with zero attached hydrogens (tertiary/aromatic N) is 5. The monoisotopic (exact) mass is 779 g/mol. The highest BCUT2D eigenvalue weighted by Gasteiger charge is 2.23. The van der Waals surface area contributed by atoms with E-state index >= 15 is 0 Å². The Bertz CT molecular complexity index is 3250. The van der Waals surface area contributed by atoms with Gasteiger partial charge >= 0.3 is 0 Å². The minimum Gasteiger partial charge on any atom is -0.308 e. The van der Waals surface area contributed by atoms with Gasteiger partial charge in [0.1, 0.15) is 0 Å².